The highest BCUT2D eigenvalue weighted by molar-refractivity contribution is 5.67. The van der Waals surface area contributed by atoms with Crippen LogP contribution in [0, 0.1) is 0 Å². The molecule has 0 aromatic heterocycles. The van der Waals surface area contributed by atoms with Gasteiger partial charge in [0, 0.05) is 12.7 Å². The minimum atomic E-state index is 0.983. The smallest absolute Gasteiger partial charge is 0.0402 e. The number of benzene rings is 1. The molecule has 0 saturated heterocycles. The summed E-state index contributed by atoms with van der Waals surface area (Å²) in [5, 5.41) is 5.92. The summed E-state index contributed by atoms with van der Waals surface area (Å²) in [5.41, 5.74) is 2.75. The Morgan fingerprint density at radius 2 is 2.17 bits per heavy atom. The molecule has 1 aromatic carbocycles. The second kappa shape index (κ2) is 2.01. The minimum absolute atomic E-state index is 0.983. The van der Waals surface area contributed by atoms with Crippen molar-refractivity contribution in [1.82, 2.24) is 5.32 Å². The van der Waals surface area contributed by atoms with Gasteiger partial charge in [0.1, 0.15) is 0 Å². The van der Waals surface area contributed by atoms with Crippen LogP contribution in [0.5, 0.6) is 0 Å². The van der Waals surface area contributed by atoms with E-state index in [9.17, 15) is 0 Å². The average molecular weight is 155 g/mol. The first-order chi connectivity index (χ1) is 5.93. The van der Waals surface area contributed by atoms with Crippen LogP contribution < -0.4 is 15.8 Å². The molecule has 1 N–H and O–H groups in total. The van der Waals surface area contributed by atoms with Gasteiger partial charge in [-0.25, -0.2) is 0 Å². The van der Waals surface area contributed by atoms with Crippen molar-refractivity contribution in [3.63, 3.8) is 0 Å². The summed E-state index contributed by atoms with van der Waals surface area (Å²) >= 11 is 0. The van der Waals surface area contributed by atoms with Gasteiger partial charge >= 0.3 is 0 Å². The fourth-order valence-electron chi connectivity index (χ4n) is 1.80. The van der Waals surface area contributed by atoms with Gasteiger partial charge in [-0.15, -0.1) is 0 Å². The van der Waals surface area contributed by atoms with Gasteiger partial charge in [0.05, 0.1) is 0 Å². The van der Waals surface area contributed by atoms with Crippen molar-refractivity contribution in [3.8, 4) is 0 Å². The lowest BCUT2D eigenvalue weighted by Crippen LogP contribution is -2.13. The molecule has 58 valence electrons. The van der Waals surface area contributed by atoms with E-state index in [-0.39, 0.29) is 0 Å². The predicted molar refractivity (Wildman–Crippen MR) is 50.5 cm³/mol. The largest absolute Gasteiger partial charge is 0.386 e. The Balaban J connectivity index is 2.45. The number of fused-ring (bicyclic) bond motifs is 2. The van der Waals surface area contributed by atoms with Crippen molar-refractivity contribution in [1.29, 1.82) is 0 Å². The highest BCUT2D eigenvalue weighted by Gasteiger charge is 2.04. The number of hydrogen-bond donors (Lipinski definition) is 1. The number of rotatable bonds is 0. The Morgan fingerprint density at radius 3 is 3.17 bits per heavy atom. The Hall–Kier alpha value is -1.50. The molecular formula is C11H9N. The van der Waals surface area contributed by atoms with Crippen molar-refractivity contribution in [3.05, 3.63) is 39.8 Å². The van der Waals surface area contributed by atoms with Crippen LogP contribution in [0.3, 0.4) is 0 Å². The Morgan fingerprint density at radius 1 is 1.17 bits per heavy atom. The summed E-state index contributed by atoms with van der Waals surface area (Å²) in [6.07, 6.45) is 8.50. The molecule has 12 heavy (non-hydrogen) atoms. The van der Waals surface area contributed by atoms with Crippen LogP contribution in [0.2, 0.25) is 0 Å². The molecule has 0 fully saturated rings. The zero-order chi connectivity index (χ0) is 7.97. The SMILES string of the molecule is C1=Cc2cc3c(cc2=C1)CNC=3. The summed E-state index contributed by atoms with van der Waals surface area (Å²) in [5.74, 6) is 0. The lowest BCUT2D eigenvalue weighted by atomic mass is 10.1. The summed E-state index contributed by atoms with van der Waals surface area (Å²) in [4.78, 5) is 0. The molecule has 0 spiro atoms. The van der Waals surface area contributed by atoms with Crippen molar-refractivity contribution < 1.29 is 0 Å². The van der Waals surface area contributed by atoms with Crippen LogP contribution in [-0.4, -0.2) is 0 Å². The molecule has 1 nitrogen and oxygen atoms in total. The van der Waals surface area contributed by atoms with Crippen LogP contribution >= 0.6 is 0 Å². The average Bonchev–Trinajstić information content (AvgIpc) is 2.64. The normalized spacial score (nSPS) is 16.0. The van der Waals surface area contributed by atoms with Crippen LogP contribution in [0.1, 0.15) is 11.1 Å². The molecule has 0 amide bonds. The standard InChI is InChI=1S/C11H9N/c1-2-8-4-10-6-12-7-11(10)5-9(8)3-1/h1-6,12H,7H2. The zero-order valence-electron chi connectivity index (χ0n) is 6.67. The molecule has 1 heteroatoms. The first-order valence-electron chi connectivity index (χ1n) is 4.18. The fraction of sp³-hybridized carbons (Fsp3) is 0.0909. The van der Waals surface area contributed by atoms with Gasteiger partial charge in [0.2, 0.25) is 0 Å². The van der Waals surface area contributed by atoms with Crippen LogP contribution in [0.15, 0.2) is 18.2 Å². The van der Waals surface area contributed by atoms with E-state index in [4.69, 9.17) is 0 Å². The Labute approximate surface area is 70.7 Å². The molecule has 0 atom stereocenters. The lowest BCUT2D eigenvalue weighted by molar-refractivity contribution is 0.947. The predicted octanol–water partition coefficient (Wildman–Crippen LogP) is 0.335. The molecule has 0 unspecified atom stereocenters. The topological polar surface area (TPSA) is 12.0 Å². The van der Waals surface area contributed by atoms with E-state index < -0.39 is 0 Å². The monoisotopic (exact) mass is 155 g/mol. The molecule has 2 aliphatic rings. The third-order valence-corrected chi connectivity index (χ3v) is 2.45. The van der Waals surface area contributed by atoms with Gasteiger partial charge in [-0.3, -0.25) is 0 Å². The summed E-state index contributed by atoms with van der Waals surface area (Å²) in [6.45, 7) is 0.983. The van der Waals surface area contributed by atoms with E-state index >= 15 is 0 Å². The van der Waals surface area contributed by atoms with Crippen LogP contribution in [-0.2, 0) is 6.54 Å². The van der Waals surface area contributed by atoms with Gasteiger partial charge in [-0.1, -0.05) is 18.2 Å². The lowest BCUT2D eigenvalue weighted by Gasteiger charge is -1.95. The summed E-state index contributed by atoms with van der Waals surface area (Å²) in [7, 11) is 0. The zero-order valence-corrected chi connectivity index (χ0v) is 6.67. The molecule has 0 radical (unpaired) electrons. The van der Waals surface area contributed by atoms with E-state index in [1.807, 2.05) is 0 Å². The fourth-order valence-corrected chi connectivity index (χ4v) is 1.80. The Bertz CT molecular complexity index is 480. The maximum atomic E-state index is 3.23. The molecule has 1 heterocycles. The number of allylic oxidation sites excluding steroid dienone is 1. The first-order valence-corrected chi connectivity index (χ1v) is 4.18. The van der Waals surface area contributed by atoms with Crippen LogP contribution in [0.4, 0.5) is 0 Å². The molecule has 1 aliphatic carbocycles. The minimum Gasteiger partial charge on any atom is -0.386 e. The van der Waals surface area contributed by atoms with Crippen molar-refractivity contribution in [2.45, 2.75) is 6.54 Å². The second-order valence-corrected chi connectivity index (χ2v) is 3.23. The summed E-state index contributed by atoms with van der Waals surface area (Å²) in [6, 6.07) is 4.51. The maximum Gasteiger partial charge on any atom is 0.0402 e. The van der Waals surface area contributed by atoms with E-state index in [0.717, 1.165) is 6.54 Å². The van der Waals surface area contributed by atoms with E-state index in [1.54, 1.807) is 0 Å². The Kier molecular flexibility index (Phi) is 1.01. The summed E-state index contributed by atoms with van der Waals surface area (Å²) < 4.78 is 0. The van der Waals surface area contributed by atoms with Gasteiger partial charge in [0.15, 0.2) is 0 Å². The van der Waals surface area contributed by atoms with Gasteiger partial charge < -0.3 is 5.32 Å². The third kappa shape index (κ3) is 0.681. The van der Waals surface area contributed by atoms with Crippen molar-refractivity contribution in [2.75, 3.05) is 0 Å². The molecule has 0 bridgehead atoms. The third-order valence-electron chi connectivity index (χ3n) is 2.45. The van der Waals surface area contributed by atoms with E-state index in [2.05, 4.69) is 41.9 Å². The van der Waals surface area contributed by atoms with E-state index in [1.165, 1.54) is 21.6 Å². The van der Waals surface area contributed by atoms with Gasteiger partial charge in [-0.2, -0.15) is 0 Å². The maximum absolute atomic E-state index is 3.23. The molecule has 0 saturated carbocycles. The van der Waals surface area contributed by atoms with Crippen LogP contribution in [0.25, 0.3) is 18.4 Å². The quantitative estimate of drug-likeness (QED) is 0.569. The molecule has 1 aliphatic heterocycles. The molecule has 3 rings (SSSR count). The number of hydrogen-bond acceptors (Lipinski definition) is 1. The highest BCUT2D eigenvalue weighted by Crippen LogP contribution is 2.03. The number of nitrogens with one attached hydrogen (secondary N) is 1. The second-order valence-electron chi connectivity index (χ2n) is 3.23. The van der Waals surface area contributed by atoms with E-state index in [0.29, 0.717) is 0 Å². The van der Waals surface area contributed by atoms with Crippen molar-refractivity contribution in [2.24, 2.45) is 0 Å². The first kappa shape index (κ1) is 6.06. The molecule has 1 aromatic rings. The van der Waals surface area contributed by atoms with Crippen molar-refractivity contribution >= 4 is 18.4 Å². The molecular weight excluding hydrogens is 146 g/mol. The highest BCUT2D eigenvalue weighted by atomic mass is 14.8. The van der Waals surface area contributed by atoms with Gasteiger partial charge in [0.25, 0.3) is 0 Å². The van der Waals surface area contributed by atoms with Gasteiger partial charge in [-0.05, 0) is 33.7 Å².